The number of aromatic nitrogens is 4. The van der Waals surface area contributed by atoms with Crippen LogP contribution in [0, 0.1) is 0 Å². The maximum Gasteiger partial charge on any atom is 0.164 e. The standard InChI is InChI=1S/C63H38N4O/c1-3-14-39(15-4-1)41-26-29-44(30-27-41)61-64-62(46-31-28-40-16-7-8-20-45(40)36-46)66-63(65-61)51-24-13-25-57-58(51)53-37-47(33-35-56(53)68-57)67-54-34-32-43-19-9-10-21-48(43)59(54)60-50-23-12-11-22-49(50)52(38-55(60)67)42-17-5-2-6-18-42/h1-38H. The summed E-state index contributed by atoms with van der Waals surface area (Å²) >= 11 is 0. The monoisotopic (exact) mass is 866 g/mol. The molecular formula is C63H38N4O. The fourth-order valence-corrected chi connectivity index (χ4v) is 10.4. The van der Waals surface area contributed by atoms with Gasteiger partial charge >= 0.3 is 0 Å². The topological polar surface area (TPSA) is 56.7 Å². The van der Waals surface area contributed by atoms with Crippen molar-refractivity contribution in [2.45, 2.75) is 0 Å². The molecule has 5 heteroatoms. The van der Waals surface area contributed by atoms with Gasteiger partial charge in [-0.15, -0.1) is 0 Å². The molecule has 0 atom stereocenters. The number of fused-ring (bicyclic) bond motifs is 11. The number of nitrogens with zero attached hydrogens (tertiary/aromatic N) is 4. The lowest BCUT2D eigenvalue weighted by Crippen LogP contribution is -2.00. The smallest absolute Gasteiger partial charge is 0.164 e. The quantitative estimate of drug-likeness (QED) is 0.167. The van der Waals surface area contributed by atoms with E-state index in [2.05, 4.69) is 217 Å². The molecular weight excluding hydrogens is 829 g/mol. The van der Waals surface area contributed by atoms with Crippen LogP contribution < -0.4 is 0 Å². The second-order valence-electron chi connectivity index (χ2n) is 17.5. The summed E-state index contributed by atoms with van der Waals surface area (Å²) in [4.78, 5) is 15.7. The Labute approximate surface area is 390 Å². The lowest BCUT2D eigenvalue weighted by molar-refractivity contribution is 0.669. The highest BCUT2D eigenvalue weighted by Gasteiger charge is 2.23. The molecule has 68 heavy (non-hydrogen) atoms. The molecule has 0 spiro atoms. The number of hydrogen-bond donors (Lipinski definition) is 0. The molecule has 0 fully saturated rings. The van der Waals surface area contributed by atoms with Gasteiger partial charge in [0, 0.05) is 43.9 Å². The van der Waals surface area contributed by atoms with Gasteiger partial charge in [-0.2, -0.15) is 0 Å². The number of rotatable bonds is 6. The first-order chi connectivity index (χ1) is 33.7. The lowest BCUT2D eigenvalue weighted by atomic mass is 9.94. The Morgan fingerprint density at radius 2 is 0.897 bits per heavy atom. The van der Waals surface area contributed by atoms with Crippen molar-refractivity contribution in [3.63, 3.8) is 0 Å². The Morgan fingerprint density at radius 1 is 0.294 bits per heavy atom. The molecule has 0 aliphatic rings. The molecule has 5 nitrogen and oxygen atoms in total. The predicted octanol–water partition coefficient (Wildman–Crippen LogP) is 16.7. The van der Waals surface area contributed by atoms with Crippen molar-refractivity contribution >= 4 is 76.1 Å². The van der Waals surface area contributed by atoms with E-state index in [0.29, 0.717) is 17.5 Å². The van der Waals surface area contributed by atoms with E-state index in [1.807, 2.05) is 18.2 Å². The maximum absolute atomic E-state index is 6.71. The summed E-state index contributed by atoms with van der Waals surface area (Å²) in [6.45, 7) is 0. The summed E-state index contributed by atoms with van der Waals surface area (Å²) < 4.78 is 9.15. The highest BCUT2D eigenvalue weighted by Crippen LogP contribution is 2.45. The SMILES string of the molecule is c1ccc(-c2ccc(-c3nc(-c4ccc5ccccc5c4)nc(-c4cccc5oc6ccc(-n7c8ccc9ccccc9c8c8c9ccccc9c(-c9ccccc9)cc87)cc6c45)n3)cc2)cc1. The zero-order valence-corrected chi connectivity index (χ0v) is 36.6. The summed E-state index contributed by atoms with van der Waals surface area (Å²) in [6, 6.07) is 81.7. The highest BCUT2D eigenvalue weighted by atomic mass is 16.3. The summed E-state index contributed by atoms with van der Waals surface area (Å²) in [7, 11) is 0. The first-order valence-corrected chi connectivity index (χ1v) is 23.0. The van der Waals surface area contributed by atoms with Gasteiger partial charge in [0.2, 0.25) is 0 Å². The van der Waals surface area contributed by atoms with Crippen LogP contribution in [-0.4, -0.2) is 19.5 Å². The van der Waals surface area contributed by atoms with E-state index in [1.54, 1.807) is 0 Å². The van der Waals surface area contributed by atoms with Gasteiger partial charge in [-0.25, -0.2) is 15.0 Å². The molecule has 14 aromatic rings. The Bertz CT molecular complexity index is 4300. The second kappa shape index (κ2) is 15.2. The van der Waals surface area contributed by atoms with Crippen LogP contribution in [0.4, 0.5) is 0 Å². The fourth-order valence-electron chi connectivity index (χ4n) is 10.4. The second-order valence-corrected chi connectivity index (χ2v) is 17.5. The molecule has 0 amide bonds. The molecule has 0 radical (unpaired) electrons. The summed E-state index contributed by atoms with van der Waals surface area (Å²) in [5.74, 6) is 1.78. The minimum atomic E-state index is 0.575. The molecule has 0 aliphatic heterocycles. The van der Waals surface area contributed by atoms with Gasteiger partial charge in [0.1, 0.15) is 11.2 Å². The highest BCUT2D eigenvalue weighted by molar-refractivity contribution is 6.30. The molecule has 0 saturated heterocycles. The van der Waals surface area contributed by atoms with Crippen molar-refractivity contribution in [2.75, 3.05) is 0 Å². The zero-order chi connectivity index (χ0) is 44.7. The van der Waals surface area contributed by atoms with Crippen molar-refractivity contribution in [1.82, 2.24) is 19.5 Å². The molecule has 0 N–H and O–H groups in total. The number of hydrogen-bond acceptors (Lipinski definition) is 4. The lowest BCUT2D eigenvalue weighted by Gasteiger charge is -2.12. The van der Waals surface area contributed by atoms with Gasteiger partial charge in [-0.1, -0.05) is 188 Å². The van der Waals surface area contributed by atoms with Crippen LogP contribution in [0.2, 0.25) is 0 Å². The van der Waals surface area contributed by atoms with Gasteiger partial charge in [0.05, 0.1) is 11.0 Å². The van der Waals surface area contributed by atoms with Crippen LogP contribution in [0.15, 0.2) is 235 Å². The Morgan fingerprint density at radius 3 is 1.71 bits per heavy atom. The third-order valence-corrected chi connectivity index (χ3v) is 13.6. The zero-order valence-electron chi connectivity index (χ0n) is 36.6. The van der Waals surface area contributed by atoms with E-state index in [9.17, 15) is 0 Å². The Hall–Kier alpha value is -9.19. The van der Waals surface area contributed by atoms with Crippen LogP contribution in [0.3, 0.4) is 0 Å². The van der Waals surface area contributed by atoms with Gasteiger partial charge in [-0.3, -0.25) is 0 Å². The molecule has 11 aromatic carbocycles. The fraction of sp³-hybridized carbons (Fsp3) is 0. The molecule has 0 saturated carbocycles. The average molecular weight is 867 g/mol. The van der Waals surface area contributed by atoms with Crippen LogP contribution in [0.5, 0.6) is 0 Å². The van der Waals surface area contributed by atoms with Crippen molar-refractivity contribution in [3.05, 3.63) is 231 Å². The molecule has 3 aromatic heterocycles. The van der Waals surface area contributed by atoms with Crippen molar-refractivity contribution in [3.8, 4) is 62.1 Å². The van der Waals surface area contributed by atoms with E-state index in [0.717, 1.165) is 77.2 Å². The van der Waals surface area contributed by atoms with Gasteiger partial charge in [0.25, 0.3) is 0 Å². The van der Waals surface area contributed by atoms with E-state index < -0.39 is 0 Å². The largest absolute Gasteiger partial charge is 0.456 e. The first kappa shape index (κ1) is 38.1. The molecule has 0 aliphatic carbocycles. The van der Waals surface area contributed by atoms with E-state index >= 15 is 0 Å². The van der Waals surface area contributed by atoms with E-state index in [4.69, 9.17) is 19.4 Å². The third-order valence-electron chi connectivity index (χ3n) is 13.6. The van der Waals surface area contributed by atoms with Gasteiger partial charge in [-0.05, 0) is 97.0 Å². The average Bonchev–Trinajstić information content (AvgIpc) is 3.97. The number of benzene rings is 11. The molecule has 316 valence electrons. The van der Waals surface area contributed by atoms with Crippen LogP contribution in [-0.2, 0) is 0 Å². The Kier molecular flexibility index (Phi) is 8.52. The van der Waals surface area contributed by atoms with Crippen LogP contribution in [0.1, 0.15) is 0 Å². The van der Waals surface area contributed by atoms with E-state index in [-0.39, 0.29) is 0 Å². The van der Waals surface area contributed by atoms with Gasteiger partial charge < -0.3 is 8.98 Å². The Balaban J connectivity index is 1.01. The summed E-state index contributed by atoms with van der Waals surface area (Å²) in [5.41, 5.74) is 12.2. The summed E-state index contributed by atoms with van der Waals surface area (Å²) in [5, 5.41) is 11.6. The normalized spacial score (nSPS) is 11.8. The molecule has 14 rings (SSSR count). The first-order valence-electron chi connectivity index (χ1n) is 23.0. The van der Waals surface area contributed by atoms with Crippen molar-refractivity contribution in [1.29, 1.82) is 0 Å². The molecule has 0 unspecified atom stereocenters. The van der Waals surface area contributed by atoms with Crippen LogP contribution in [0.25, 0.3) is 138 Å². The van der Waals surface area contributed by atoms with Crippen LogP contribution >= 0.6 is 0 Å². The van der Waals surface area contributed by atoms with Crippen molar-refractivity contribution in [2.24, 2.45) is 0 Å². The maximum atomic E-state index is 6.71. The minimum absolute atomic E-state index is 0.575. The van der Waals surface area contributed by atoms with E-state index in [1.165, 1.54) is 43.4 Å². The predicted molar refractivity (Wildman–Crippen MR) is 281 cm³/mol. The number of furan rings is 1. The minimum Gasteiger partial charge on any atom is -0.456 e. The van der Waals surface area contributed by atoms with Gasteiger partial charge in [0.15, 0.2) is 17.5 Å². The molecule has 0 bridgehead atoms. The summed E-state index contributed by atoms with van der Waals surface area (Å²) in [6.07, 6.45) is 0. The van der Waals surface area contributed by atoms with Crippen molar-refractivity contribution < 1.29 is 4.42 Å². The molecule has 3 heterocycles. The third kappa shape index (κ3) is 6.06.